The standard InChI is InChI=1S/C15H9N3O2/c19-14-10-6-2-1-5-9(10)13-16-12-8-4-3-7-11(12)15(20)18(13)17-14/h1-8H,(H,17,19). The SMILES string of the molecule is O=c1[nH]n2c(=O)c3ccccc3nc2c2ccccc12. The molecule has 0 fully saturated rings. The second-order valence-corrected chi connectivity index (χ2v) is 4.58. The van der Waals surface area contributed by atoms with Crippen LogP contribution in [0.15, 0.2) is 58.1 Å². The molecule has 0 aliphatic carbocycles. The molecule has 0 saturated carbocycles. The number of fused-ring (bicyclic) bond motifs is 4. The Balaban J connectivity index is 2.41. The van der Waals surface area contributed by atoms with Crippen LogP contribution < -0.4 is 11.1 Å². The fourth-order valence-electron chi connectivity index (χ4n) is 2.45. The predicted octanol–water partition coefficient (Wildman–Crippen LogP) is 1.69. The molecular weight excluding hydrogens is 254 g/mol. The van der Waals surface area contributed by atoms with Gasteiger partial charge in [-0.3, -0.25) is 14.7 Å². The van der Waals surface area contributed by atoms with Crippen LogP contribution in [-0.2, 0) is 0 Å². The highest BCUT2D eigenvalue weighted by Crippen LogP contribution is 2.15. The van der Waals surface area contributed by atoms with Gasteiger partial charge in [0.2, 0.25) is 0 Å². The molecule has 96 valence electrons. The van der Waals surface area contributed by atoms with E-state index in [1.807, 2.05) is 12.1 Å². The highest BCUT2D eigenvalue weighted by atomic mass is 16.1. The van der Waals surface area contributed by atoms with E-state index in [2.05, 4.69) is 10.1 Å². The van der Waals surface area contributed by atoms with Gasteiger partial charge in [0.1, 0.15) is 0 Å². The van der Waals surface area contributed by atoms with Gasteiger partial charge in [-0.1, -0.05) is 30.3 Å². The van der Waals surface area contributed by atoms with Gasteiger partial charge in [-0.25, -0.2) is 4.98 Å². The largest absolute Gasteiger partial charge is 0.280 e. The summed E-state index contributed by atoms with van der Waals surface area (Å²) in [5, 5.41) is 4.25. The summed E-state index contributed by atoms with van der Waals surface area (Å²) in [4.78, 5) is 29.0. The minimum Gasteiger partial charge on any atom is -0.267 e. The van der Waals surface area contributed by atoms with Crippen molar-refractivity contribution in [2.45, 2.75) is 0 Å². The smallest absolute Gasteiger partial charge is 0.267 e. The van der Waals surface area contributed by atoms with Crippen molar-refractivity contribution >= 4 is 27.3 Å². The number of H-pyrrole nitrogens is 1. The van der Waals surface area contributed by atoms with E-state index in [4.69, 9.17) is 0 Å². The van der Waals surface area contributed by atoms with Crippen LogP contribution in [0.1, 0.15) is 0 Å². The summed E-state index contributed by atoms with van der Waals surface area (Å²) in [5.41, 5.74) is 0.513. The molecule has 20 heavy (non-hydrogen) atoms. The van der Waals surface area contributed by atoms with Gasteiger partial charge in [0.15, 0.2) is 5.65 Å². The first-order valence-corrected chi connectivity index (χ1v) is 6.18. The quantitative estimate of drug-likeness (QED) is 0.388. The van der Waals surface area contributed by atoms with E-state index in [0.29, 0.717) is 27.3 Å². The second kappa shape index (κ2) is 3.77. The number of nitrogens with zero attached hydrogens (tertiary/aromatic N) is 2. The summed E-state index contributed by atoms with van der Waals surface area (Å²) >= 11 is 0. The number of para-hydroxylation sites is 1. The van der Waals surface area contributed by atoms with Gasteiger partial charge in [-0.2, -0.15) is 4.52 Å². The number of nitrogens with one attached hydrogen (secondary N) is 1. The van der Waals surface area contributed by atoms with Crippen molar-refractivity contribution in [1.82, 2.24) is 14.6 Å². The Labute approximate surface area is 112 Å². The molecule has 0 radical (unpaired) electrons. The third-order valence-corrected chi connectivity index (χ3v) is 3.40. The molecule has 0 saturated heterocycles. The molecule has 0 bridgehead atoms. The van der Waals surface area contributed by atoms with Crippen molar-refractivity contribution in [3.8, 4) is 0 Å². The number of hydrogen-bond donors (Lipinski definition) is 1. The van der Waals surface area contributed by atoms with E-state index in [9.17, 15) is 9.59 Å². The lowest BCUT2D eigenvalue weighted by Crippen LogP contribution is -2.24. The summed E-state index contributed by atoms with van der Waals surface area (Å²) in [6.45, 7) is 0. The van der Waals surface area contributed by atoms with Crippen molar-refractivity contribution < 1.29 is 0 Å². The van der Waals surface area contributed by atoms with E-state index in [0.717, 1.165) is 0 Å². The van der Waals surface area contributed by atoms with Crippen LogP contribution in [0, 0.1) is 0 Å². The first kappa shape index (κ1) is 10.9. The van der Waals surface area contributed by atoms with Gasteiger partial charge in [-0.05, 0) is 18.2 Å². The molecule has 2 heterocycles. The van der Waals surface area contributed by atoms with E-state index in [-0.39, 0.29) is 11.1 Å². The second-order valence-electron chi connectivity index (χ2n) is 4.58. The predicted molar refractivity (Wildman–Crippen MR) is 77.1 cm³/mol. The molecule has 1 N–H and O–H groups in total. The van der Waals surface area contributed by atoms with Crippen LogP contribution in [0.25, 0.3) is 27.3 Å². The minimum atomic E-state index is -0.299. The molecule has 0 unspecified atom stereocenters. The van der Waals surface area contributed by atoms with Crippen molar-refractivity contribution in [2.75, 3.05) is 0 Å². The Bertz CT molecular complexity index is 1090. The molecule has 2 aromatic carbocycles. The summed E-state index contributed by atoms with van der Waals surface area (Å²) in [5.74, 6) is 0. The normalized spacial score (nSPS) is 11.4. The molecule has 0 spiro atoms. The molecule has 4 aromatic rings. The minimum absolute atomic E-state index is 0.270. The van der Waals surface area contributed by atoms with Crippen molar-refractivity contribution in [1.29, 1.82) is 0 Å². The maximum atomic E-state index is 12.4. The lowest BCUT2D eigenvalue weighted by Gasteiger charge is -2.05. The molecule has 5 heteroatoms. The maximum Gasteiger partial charge on any atom is 0.280 e. The molecular formula is C15H9N3O2. The Hall–Kier alpha value is -2.95. The third-order valence-electron chi connectivity index (χ3n) is 3.40. The van der Waals surface area contributed by atoms with Crippen LogP contribution in [-0.4, -0.2) is 14.6 Å². The average Bonchev–Trinajstić information content (AvgIpc) is 2.49. The number of aromatic amines is 1. The maximum absolute atomic E-state index is 12.4. The Morgan fingerprint density at radius 1 is 0.850 bits per heavy atom. The summed E-state index contributed by atoms with van der Waals surface area (Å²) < 4.78 is 1.22. The van der Waals surface area contributed by atoms with Crippen LogP contribution in [0.4, 0.5) is 0 Å². The average molecular weight is 263 g/mol. The van der Waals surface area contributed by atoms with Gasteiger partial charge >= 0.3 is 0 Å². The van der Waals surface area contributed by atoms with Crippen LogP contribution >= 0.6 is 0 Å². The number of hydrogen-bond acceptors (Lipinski definition) is 3. The zero-order chi connectivity index (χ0) is 13.7. The summed E-state index contributed by atoms with van der Waals surface area (Å²) in [7, 11) is 0. The number of aromatic nitrogens is 3. The van der Waals surface area contributed by atoms with Crippen LogP contribution in [0.2, 0.25) is 0 Å². The lowest BCUT2D eigenvalue weighted by molar-refractivity contribution is 0.869. The van der Waals surface area contributed by atoms with Crippen molar-refractivity contribution in [2.24, 2.45) is 0 Å². The zero-order valence-corrected chi connectivity index (χ0v) is 10.3. The Morgan fingerprint density at radius 3 is 2.30 bits per heavy atom. The number of rotatable bonds is 0. The molecule has 2 aromatic heterocycles. The van der Waals surface area contributed by atoms with E-state index < -0.39 is 0 Å². The van der Waals surface area contributed by atoms with Gasteiger partial charge in [-0.15, -0.1) is 0 Å². The highest BCUT2D eigenvalue weighted by Gasteiger charge is 2.10. The zero-order valence-electron chi connectivity index (χ0n) is 10.3. The van der Waals surface area contributed by atoms with Crippen LogP contribution in [0.3, 0.4) is 0 Å². The summed E-state index contributed by atoms with van der Waals surface area (Å²) in [6.07, 6.45) is 0. The molecule has 4 rings (SSSR count). The van der Waals surface area contributed by atoms with Crippen LogP contribution in [0.5, 0.6) is 0 Å². The first-order chi connectivity index (χ1) is 9.75. The number of benzene rings is 2. The molecule has 0 aliphatic heterocycles. The summed E-state index contributed by atoms with van der Waals surface area (Å²) in [6, 6.07) is 14.2. The Kier molecular flexibility index (Phi) is 2.06. The molecule has 0 aliphatic rings. The topological polar surface area (TPSA) is 67.2 Å². The van der Waals surface area contributed by atoms with E-state index in [1.165, 1.54) is 4.52 Å². The highest BCUT2D eigenvalue weighted by molar-refractivity contribution is 5.94. The van der Waals surface area contributed by atoms with E-state index >= 15 is 0 Å². The fourth-order valence-corrected chi connectivity index (χ4v) is 2.45. The molecule has 0 amide bonds. The van der Waals surface area contributed by atoms with Gasteiger partial charge < -0.3 is 0 Å². The third kappa shape index (κ3) is 1.34. The molecule has 5 nitrogen and oxygen atoms in total. The first-order valence-electron chi connectivity index (χ1n) is 6.18. The van der Waals surface area contributed by atoms with Gasteiger partial charge in [0.25, 0.3) is 11.1 Å². The van der Waals surface area contributed by atoms with Gasteiger partial charge in [0, 0.05) is 5.39 Å². The lowest BCUT2D eigenvalue weighted by atomic mass is 10.2. The van der Waals surface area contributed by atoms with Crippen molar-refractivity contribution in [3.63, 3.8) is 0 Å². The fraction of sp³-hybridized carbons (Fsp3) is 0. The van der Waals surface area contributed by atoms with Crippen molar-refractivity contribution in [3.05, 3.63) is 69.2 Å². The van der Waals surface area contributed by atoms with E-state index in [1.54, 1.807) is 36.4 Å². The Morgan fingerprint density at radius 2 is 1.50 bits per heavy atom. The molecule has 0 atom stereocenters. The van der Waals surface area contributed by atoms with Gasteiger partial charge in [0.05, 0.1) is 16.3 Å². The monoisotopic (exact) mass is 263 g/mol.